The van der Waals surface area contributed by atoms with Crippen molar-refractivity contribution in [2.24, 2.45) is 5.92 Å². The van der Waals surface area contributed by atoms with E-state index in [1.165, 1.54) is 62.9 Å². The zero-order chi connectivity index (χ0) is 12.9. The van der Waals surface area contributed by atoms with Gasteiger partial charge in [-0.1, -0.05) is 43.9 Å². The van der Waals surface area contributed by atoms with E-state index in [9.17, 15) is 0 Å². The molecule has 1 unspecified atom stereocenters. The molecule has 1 nitrogen and oxygen atoms in total. The molecular formula is C17H25NS. The van der Waals surface area contributed by atoms with E-state index >= 15 is 0 Å². The summed E-state index contributed by atoms with van der Waals surface area (Å²) in [6.07, 6.45) is 10.0. The minimum absolute atomic E-state index is 0.754. The van der Waals surface area contributed by atoms with E-state index in [1.807, 2.05) is 0 Å². The van der Waals surface area contributed by atoms with Crippen LogP contribution >= 0.6 is 11.8 Å². The van der Waals surface area contributed by atoms with Crippen molar-refractivity contribution in [2.75, 3.05) is 13.1 Å². The Morgan fingerprint density at radius 1 is 1.16 bits per heavy atom. The van der Waals surface area contributed by atoms with E-state index in [0.717, 1.165) is 11.2 Å². The Morgan fingerprint density at radius 3 is 2.84 bits per heavy atom. The highest BCUT2D eigenvalue weighted by Crippen LogP contribution is 2.36. The third-order valence-corrected chi connectivity index (χ3v) is 5.85. The summed E-state index contributed by atoms with van der Waals surface area (Å²) >= 11 is 2.06. The van der Waals surface area contributed by atoms with Crippen molar-refractivity contribution in [3.05, 3.63) is 29.8 Å². The molecule has 1 aliphatic carbocycles. The molecule has 2 aliphatic rings. The normalized spacial score (nSPS) is 22.8. The summed E-state index contributed by atoms with van der Waals surface area (Å²) in [5, 5.41) is 4.42. The molecule has 0 saturated heterocycles. The van der Waals surface area contributed by atoms with Crippen LogP contribution in [0.25, 0.3) is 0 Å². The van der Waals surface area contributed by atoms with Gasteiger partial charge in [-0.25, -0.2) is 0 Å². The maximum atomic E-state index is 3.67. The van der Waals surface area contributed by atoms with Crippen molar-refractivity contribution in [3.8, 4) is 0 Å². The van der Waals surface area contributed by atoms with Gasteiger partial charge in [-0.3, -0.25) is 0 Å². The van der Waals surface area contributed by atoms with Gasteiger partial charge in [0.2, 0.25) is 0 Å². The minimum Gasteiger partial charge on any atom is -0.316 e. The Kier molecular flexibility index (Phi) is 4.84. The minimum atomic E-state index is 0.754. The predicted octanol–water partition coefficient (Wildman–Crippen LogP) is 4.26. The van der Waals surface area contributed by atoms with Gasteiger partial charge in [-0.2, -0.15) is 0 Å². The Labute approximate surface area is 121 Å². The first-order valence-corrected chi connectivity index (χ1v) is 8.75. The Bertz CT molecular complexity index is 373. The lowest BCUT2D eigenvalue weighted by Gasteiger charge is -2.12. The molecule has 1 fully saturated rings. The smallest absolute Gasteiger partial charge is 0.0260 e. The van der Waals surface area contributed by atoms with Crippen molar-refractivity contribution in [3.63, 3.8) is 0 Å². The Hall–Kier alpha value is -0.470. The summed E-state index contributed by atoms with van der Waals surface area (Å²) in [5.41, 5.74) is 1.55. The van der Waals surface area contributed by atoms with Gasteiger partial charge in [0.05, 0.1) is 0 Å². The fourth-order valence-corrected chi connectivity index (χ4v) is 4.73. The lowest BCUT2D eigenvalue weighted by Crippen LogP contribution is -2.25. The van der Waals surface area contributed by atoms with Gasteiger partial charge in [0.15, 0.2) is 0 Å². The molecule has 0 radical (unpaired) electrons. The SMILES string of the molecule is c1ccc2c(c1)CC(CNCCCC1CCCC1)S2. The fourth-order valence-electron chi connectivity index (χ4n) is 3.45. The summed E-state index contributed by atoms with van der Waals surface area (Å²) in [6.45, 7) is 2.38. The number of fused-ring (bicyclic) bond motifs is 1. The van der Waals surface area contributed by atoms with Crippen LogP contribution in [-0.4, -0.2) is 18.3 Å². The largest absolute Gasteiger partial charge is 0.316 e. The monoisotopic (exact) mass is 275 g/mol. The number of hydrogen-bond acceptors (Lipinski definition) is 2. The van der Waals surface area contributed by atoms with Crippen molar-refractivity contribution >= 4 is 11.8 Å². The van der Waals surface area contributed by atoms with Crippen LogP contribution in [-0.2, 0) is 6.42 Å². The van der Waals surface area contributed by atoms with E-state index in [4.69, 9.17) is 0 Å². The lowest BCUT2D eigenvalue weighted by molar-refractivity contribution is 0.470. The number of nitrogens with one attached hydrogen (secondary N) is 1. The van der Waals surface area contributed by atoms with Crippen molar-refractivity contribution < 1.29 is 0 Å². The maximum Gasteiger partial charge on any atom is 0.0260 e. The van der Waals surface area contributed by atoms with Gasteiger partial charge in [-0.15, -0.1) is 11.8 Å². The molecule has 3 rings (SSSR count). The van der Waals surface area contributed by atoms with E-state index in [-0.39, 0.29) is 0 Å². The summed E-state index contributed by atoms with van der Waals surface area (Å²) in [4.78, 5) is 1.50. The van der Waals surface area contributed by atoms with Gasteiger partial charge >= 0.3 is 0 Å². The first-order valence-electron chi connectivity index (χ1n) is 7.87. The molecule has 1 heterocycles. The van der Waals surface area contributed by atoms with Crippen molar-refractivity contribution in [1.82, 2.24) is 5.32 Å². The average Bonchev–Trinajstić information content (AvgIpc) is 3.06. The van der Waals surface area contributed by atoms with Crippen LogP contribution in [0.5, 0.6) is 0 Å². The van der Waals surface area contributed by atoms with E-state index in [0.29, 0.717) is 0 Å². The van der Waals surface area contributed by atoms with E-state index < -0.39 is 0 Å². The van der Waals surface area contributed by atoms with Gasteiger partial charge in [0.1, 0.15) is 0 Å². The number of hydrogen-bond donors (Lipinski definition) is 1. The summed E-state index contributed by atoms with van der Waals surface area (Å²) in [7, 11) is 0. The molecule has 1 saturated carbocycles. The summed E-state index contributed by atoms with van der Waals surface area (Å²) in [6, 6.07) is 8.86. The summed E-state index contributed by atoms with van der Waals surface area (Å²) in [5.74, 6) is 1.05. The van der Waals surface area contributed by atoms with Crippen LogP contribution in [0.2, 0.25) is 0 Å². The Balaban J connectivity index is 1.29. The molecule has 1 N–H and O–H groups in total. The second-order valence-electron chi connectivity index (χ2n) is 6.05. The molecule has 2 heteroatoms. The number of rotatable bonds is 6. The average molecular weight is 275 g/mol. The molecule has 1 aliphatic heterocycles. The predicted molar refractivity (Wildman–Crippen MR) is 83.9 cm³/mol. The standard InChI is InChI=1S/C17H25NS/c1-2-7-14(6-1)8-5-11-18-13-16-12-15-9-3-4-10-17(15)19-16/h3-4,9-10,14,16,18H,1-2,5-8,11-13H2. The number of thioether (sulfide) groups is 1. The molecule has 19 heavy (non-hydrogen) atoms. The van der Waals surface area contributed by atoms with Crippen LogP contribution in [0.15, 0.2) is 29.2 Å². The molecule has 0 aromatic heterocycles. The molecular weight excluding hydrogens is 250 g/mol. The molecule has 0 spiro atoms. The number of benzene rings is 1. The van der Waals surface area contributed by atoms with Crippen molar-refractivity contribution in [1.29, 1.82) is 0 Å². The molecule has 0 bridgehead atoms. The van der Waals surface area contributed by atoms with Crippen LogP contribution in [0.1, 0.15) is 44.1 Å². The first kappa shape index (κ1) is 13.5. The second kappa shape index (κ2) is 6.81. The molecule has 1 aromatic rings. The van der Waals surface area contributed by atoms with Crippen LogP contribution < -0.4 is 5.32 Å². The van der Waals surface area contributed by atoms with E-state index in [1.54, 1.807) is 5.56 Å². The highest BCUT2D eigenvalue weighted by atomic mass is 32.2. The summed E-state index contributed by atoms with van der Waals surface area (Å²) < 4.78 is 0. The highest BCUT2D eigenvalue weighted by molar-refractivity contribution is 8.00. The van der Waals surface area contributed by atoms with Gasteiger partial charge in [0, 0.05) is 16.7 Å². The quantitative estimate of drug-likeness (QED) is 0.778. The molecule has 1 atom stereocenters. The zero-order valence-corrected chi connectivity index (χ0v) is 12.6. The Morgan fingerprint density at radius 2 is 2.00 bits per heavy atom. The molecule has 1 aromatic carbocycles. The fraction of sp³-hybridized carbons (Fsp3) is 0.647. The maximum absolute atomic E-state index is 3.67. The first-order chi connectivity index (χ1) is 9.42. The second-order valence-corrected chi connectivity index (χ2v) is 7.39. The van der Waals surface area contributed by atoms with Gasteiger partial charge in [0.25, 0.3) is 0 Å². The lowest BCUT2D eigenvalue weighted by atomic mass is 10.0. The zero-order valence-electron chi connectivity index (χ0n) is 11.7. The van der Waals surface area contributed by atoms with Gasteiger partial charge in [-0.05, 0) is 43.4 Å². The highest BCUT2D eigenvalue weighted by Gasteiger charge is 2.21. The van der Waals surface area contributed by atoms with Gasteiger partial charge < -0.3 is 5.32 Å². The van der Waals surface area contributed by atoms with Crippen molar-refractivity contribution in [2.45, 2.75) is 55.1 Å². The topological polar surface area (TPSA) is 12.0 Å². The van der Waals surface area contributed by atoms with Crippen LogP contribution in [0.4, 0.5) is 0 Å². The van der Waals surface area contributed by atoms with Crippen LogP contribution in [0.3, 0.4) is 0 Å². The third-order valence-electron chi connectivity index (χ3n) is 4.53. The van der Waals surface area contributed by atoms with E-state index in [2.05, 4.69) is 41.3 Å². The molecule has 0 amide bonds. The van der Waals surface area contributed by atoms with Crippen LogP contribution in [0, 0.1) is 5.92 Å². The third kappa shape index (κ3) is 3.76. The molecule has 104 valence electrons.